The molecule has 0 radical (unpaired) electrons. The molecule has 2 rings (SSSR count). The van der Waals surface area contributed by atoms with E-state index < -0.39 is 34.8 Å². The highest BCUT2D eigenvalue weighted by Gasteiger charge is 2.16. The summed E-state index contributed by atoms with van der Waals surface area (Å²) in [5.74, 6) is -4.67. The lowest BCUT2D eigenvalue weighted by molar-refractivity contribution is 0.0692. The standard InChI is InChI=1S/C12H7F3N2O2/c13-6-1-2-8(14)9(5-6)17-11-10(15)7(12(18)19)3-4-16-11/h1-5H,(H,16,17)(H,18,19). The lowest BCUT2D eigenvalue weighted by Crippen LogP contribution is -2.06. The number of nitrogens with zero attached hydrogens (tertiary/aromatic N) is 1. The predicted octanol–water partition coefficient (Wildman–Crippen LogP) is 2.94. The van der Waals surface area contributed by atoms with Crippen LogP contribution in [0.25, 0.3) is 0 Å². The number of carbonyl (C=O) groups is 1. The summed E-state index contributed by atoms with van der Waals surface area (Å²) in [6, 6.07) is 3.53. The Labute approximate surface area is 105 Å². The molecule has 0 aliphatic carbocycles. The van der Waals surface area contributed by atoms with Crippen LogP contribution in [0.3, 0.4) is 0 Å². The van der Waals surface area contributed by atoms with Crippen LogP contribution in [0, 0.1) is 17.5 Å². The number of anilines is 2. The number of carboxylic acids is 1. The van der Waals surface area contributed by atoms with Crippen LogP contribution in [0.2, 0.25) is 0 Å². The second-order valence-corrected chi connectivity index (χ2v) is 3.58. The number of rotatable bonds is 3. The summed E-state index contributed by atoms with van der Waals surface area (Å²) in [4.78, 5) is 14.3. The molecule has 2 N–H and O–H groups in total. The van der Waals surface area contributed by atoms with Crippen molar-refractivity contribution in [3.8, 4) is 0 Å². The Morgan fingerprint density at radius 2 is 1.95 bits per heavy atom. The summed E-state index contributed by atoms with van der Waals surface area (Å²) in [6.07, 6.45) is 1.05. The van der Waals surface area contributed by atoms with E-state index >= 15 is 0 Å². The average molecular weight is 268 g/mol. The van der Waals surface area contributed by atoms with Crippen LogP contribution in [0.4, 0.5) is 24.7 Å². The quantitative estimate of drug-likeness (QED) is 0.898. The van der Waals surface area contributed by atoms with Gasteiger partial charge in [-0.05, 0) is 18.2 Å². The van der Waals surface area contributed by atoms with Crippen LogP contribution in [-0.4, -0.2) is 16.1 Å². The zero-order chi connectivity index (χ0) is 14.0. The Morgan fingerprint density at radius 1 is 1.21 bits per heavy atom. The zero-order valence-corrected chi connectivity index (χ0v) is 9.32. The number of hydrogen-bond donors (Lipinski definition) is 2. The van der Waals surface area contributed by atoms with Gasteiger partial charge in [-0.15, -0.1) is 0 Å². The first kappa shape index (κ1) is 12.9. The highest BCUT2D eigenvalue weighted by Crippen LogP contribution is 2.23. The summed E-state index contributed by atoms with van der Waals surface area (Å²) in [5, 5.41) is 10.9. The molecule has 19 heavy (non-hydrogen) atoms. The molecular formula is C12H7F3N2O2. The fourth-order valence-corrected chi connectivity index (χ4v) is 1.42. The lowest BCUT2D eigenvalue weighted by atomic mass is 10.2. The maximum absolute atomic E-state index is 13.7. The Bertz CT molecular complexity index is 647. The normalized spacial score (nSPS) is 10.3. The largest absolute Gasteiger partial charge is 0.478 e. The number of carboxylic acid groups (broad SMARTS) is 1. The number of halogens is 3. The van der Waals surface area contributed by atoms with E-state index in [0.29, 0.717) is 0 Å². The molecule has 0 amide bonds. The van der Waals surface area contributed by atoms with Gasteiger partial charge in [0.05, 0.1) is 5.69 Å². The maximum atomic E-state index is 13.7. The number of aromatic nitrogens is 1. The number of nitrogens with one attached hydrogen (secondary N) is 1. The molecule has 7 heteroatoms. The van der Waals surface area contributed by atoms with E-state index in [4.69, 9.17) is 5.11 Å². The van der Waals surface area contributed by atoms with Gasteiger partial charge in [0.15, 0.2) is 11.6 Å². The molecule has 98 valence electrons. The van der Waals surface area contributed by atoms with Crippen LogP contribution < -0.4 is 5.32 Å². The van der Waals surface area contributed by atoms with Gasteiger partial charge in [0.25, 0.3) is 0 Å². The molecule has 1 aromatic heterocycles. The molecule has 0 bridgehead atoms. The predicted molar refractivity (Wildman–Crippen MR) is 60.8 cm³/mol. The number of pyridine rings is 1. The first-order valence-electron chi connectivity index (χ1n) is 5.09. The summed E-state index contributed by atoms with van der Waals surface area (Å²) in [7, 11) is 0. The van der Waals surface area contributed by atoms with E-state index in [9.17, 15) is 18.0 Å². The van der Waals surface area contributed by atoms with Gasteiger partial charge in [0, 0.05) is 12.3 Å². The van der Waals surface area contributed by atoms with Crippen LogP contribution >= 0.6 is 0 Å². The van der Waals surface area contributed by atoms with Crippen molar-refractivity contribution in [2.75, 3.05) is 5.32 Å². The molecule has 0 unspecified atom stereocenters. The first-order chi connectivity index (χ1) is 8.99. The molecule has 0 aliphatic rings. The van der Waals surface area contributed by atoms with Gasteiger partial charge in [0.2, 0.25) is 0 Å². The van der Waals surface area contributed by atoms with Gasteiger partial charge in [-0.3, -0.25) is 0 Å². The van der Waals surface area contributed by atoms with E-state index in [-0.39, 0.29) is 5.69 Å². The summed E-state index contributed by atoms with van der Waals surface area (Å²) >= 11 is 0. The Hall–Kier alpha value is -2.57. The van der Waals surface area contributed by atoms with Crippen molar-refractivity contribution in [3.63, 3.8) is 0 Å². The smallest absolute Gasteiger partial charge is 0.338 e. The third-order valence-corrected chi connectivity index (χ3v) is 2.30. The van der Waals surface area contributed by atoms with E-state index in [0.717, 1.165) is 30.5 Å². The van der Waals surface area contributed by atoms with E-state index in [2.05, 4.69) is 10.3 Å². The topological polar surface area (TPSA) is 62.2 Å². The third kappa shape index (κ3) is 2.65. The Balaban J connectivity index is 2.41. The van der Waals surface area contributed by atoms with Gasteiger partial charge in [-0.25, -0.2) is 22.9 Å². The fourth-order valence-electron chi connectivity index (χ4n) is 1.42. The van der Waals surface area contributed by atoms with Crippen LogP contribution in [-0.2, 0) is 0 Å². The molecule has 2 aromatic rings. The molecule has 0 aliphatic heterocycles. The molecule has 0 saturated heterocycles. The zero-order valence-electron chi connectivity index (χ0n) is 9.32. The van der Waals surface area contributed by atoms with Gasteiger partial charge >= 0.3 is 5.97 Å². The van der Waals surface area contributed by atoms with E-state index in [1.54, 1.807) is 0 Å². The van der Waals surface area contributed by atoms with Crippen LogP contribution in [0.5, 0.6) is 0 Å². The minimum absolute atomic E-state index is 0.339. The number of aromatic carboxylic acids is 1. The second-order valence-electron chi connectivity index (χ2n) is 3.58. The van der Waals surface area contributed by atoms with Crippen molar-refractivity contribution in [1.82, 2.24) is 4.98 Å². The maximum Gasteiger partial charge on any atom is 0.338 e. The van der Waals surface area contributed by atoms with Crippen molar-refractivity contribution in [2.45, 2.75) is 0 Å². The summed E-state index contributed by atoms with van der Waals surface area (Å²) in [6.45, 7) is 0. The average Bonchev–Trinajstić information content (AvgIpc) is 2.36. The SMILES string of the molecule is O=C(O)c1ccnc(Nc2cc(F)ccc2F)c1F. The molecule has 0 spiro atoms. The van der Waals surface area contributed by atoms with Gasteiger partial charge in [0.1, 0.15) is 17.2 Å². The van der Waals surface area contributed by atoms with Crippen molar-refractivity contribution in [1.29, 1.82) is 0 Å². The fraction of sp³-hybridized carbons (Fsp3) is 0. The second kappa shape index (κ2) is 4.97. The van der Waals surface area contributed by atoms with Crippen molar-refractivity contribution < 1.29 is 23.1 Å². The minimum atomic E-state index is -1.48. The van der Waals surface area contributed by atoms with E-state index in [1.165, 1.54) is 0 Å². The molecule has 0 fully saturated rings. The number of benzene rings is 1. The highest BCUT2D eigenvalue weighted by molar-refractivity contribution is 5.89. The Morgan fingerprint density at radius 3 is 2.63 bits per heavy atom. The van der Waals surface area contributed by atoms with Crippen molar-refractivity contribution in [2.24, 2.45) is 0 Å². The minimum Gasteiger partial charge on any atom is -0.478 e. The molecular weight excluding hydrogens is 261 g/mol. The van der Waals surface area contributed by atoms with Gasteiger partial charge < -0.3 is 10.4 Å². The molecule has 0 saturated carbocycles. The third-order valence-electron chi connectivity index (χ3n) is 2.30. The molecule has 4 nitrogen and oxygen atoms in total. The van der Waals surface area contributed by atoms with Crippen molar-refractivity contribution in [3.05, 3.63) is 53.5 Å². The van der Waals surface area contributed by atoms with Crippen molar-refractivity contribution >= 4 is 17.5 Å². The molecule has 1 heterocycles. The monoisotopic (exact) mass is 268 g/mol. The van der Waals surface area contributed by atoms with E-state index in [1.807, 2.05) is 0 Å². The number of hydrogen-bond acceptors (Lipinski definition) is 3. The first-order valence-corrected chi connectivity index (χ1v) is 5.09. The van der Waals surface area contributed by atoms with Crippen LogP contribution in [0.1, 0.15) is 10.4 Å². The van der Waals surface area contributed by atoms with Crippen LogP contribution in [0.15, 0.2) is 30.5 Å². The molecule has 1 aromatic carbocycles. The van der Waals surface area contributed by atoms with Gasteiger partial charge in [-0.1, -0.05) is 0 Å². The lowest BCUT2D eigenvalue weighted by Gasteiger charge is -2.08. The summed E-state index contributed by atoms with van der Waals surface area (Å²) in [5.41, 5.74) is -0.955. The summed E-state index contributed by atoms with van der Waals surface area (Å²) < 4.78 is 40.0. The van der Waals surface area contributed by atoms with Gasteiger partial charge in [-0.2, -0.15) is 0 Å². The highest BCUT2D eigenvalue weighted by atomic mass is 19.1. The Kier molecular flexibility index (Phi) is 3.37. The molecule has 0 atom stereocenters.